The molecule has 0 saturated carbocycles. The molecular formula is C28H32F3NO3. The average molecular weight is 488 g/mol. The van der Waals surface area contributed by atoms with Crippen LogP contribution >= 0.6 is 0 Å². The van der Waals surface area contributed by atoms with Gasteiger partial charge in [0.1, 0.15) is 6.10 Å². The predicted octanol–water partition coefficient (Wildman–Crippen LogP) is 7.09. The minimum Gasteiger partial charge on any atom is -0.456 e. The highest BCUT2D eigenvalue weighted by atomic mass is 19.4. The molecule has 4 rings (SSSR count). The third-order valence-electron chi connectivity index (χ3n) is 6.87. The zero-order chi connectivity index (χ0) is 25.3. The van der Waals surface area contributed by atoms with Crippen LogP contribution in [0.5, 0.6) is 0 Å². The van der Waals surface area contributed by atoms with Gasteiger partial charge in [0, 0.05) is 17.3 Å². The number of fused-ring (bicyclic) bond motifs is 3. The quantitative estimate of drug-likeness (QED) is 0.362. The number of hydrogen-bond acceptors (Lipinski definition) is 3. The Kier molecular flexibility index (Phi) is 7.27. The number of aliphatic hydroxyl groups excluding tert-OH is 1. The van der Waals surface area contributed by atoms with E-state index in [2.05, 4.69) is 19.9 Å². The van der Waals surface area contributed by atoms with E-state index in [0.29, 0.717) is 30.7 Å². The summed E-state index contributed by atoms with van der Waals surface area (Å²) in [5, 5.41) is 11.5. The molecule has 1 heterocycles. The Hall–Kier alpha value is -2.80. The van der Waals surface area contributed by atoms with Gasteiger partial charge in [0.05, 0.1) is 23.9 Å². The van der Waals surface area contributed by atoms with E-state index in [1.54, 1.807) is 0 Å². The van der Waals surface area contributed by atoms with Crippen LogP contribution in [0.15, 0.2) is 42.5 Å². The van der Waals surface area contributed by atoms with Crippen molar-refractivity contribution in [2.75, 3.05) is 6.61 Å². The van der Waals surface area contributed by atoms with Gasteiger partial charge in [-0.25, -0.2) is 0 Å². The first-order valence-corrected chi connectivity index (χ1v) is 12.3. The number of nitrogens with zero attached hydrogens (tertiary/aromatic N) is 1. The molecule has 0 radical (unpaired) electrons. The summed E-state index contributed by atoms with van der Waals surface area (Å²) in [5.41, 5.74) is 3.83. The van der Waals surface area contributed by atoms with Crippen molar-refractivity contribution in [3.8, 4) is 0 Å². The number of esters is 1. The van der Waals surface area contributed by atoms with Crippen LogP contribution in [-0.2, 0) is 22.1 Å². The van der Waals surface area contributed by atoms with Crippen LogP contribution in [0.1, 0.15) is 92.5 Å². The Bertz CT molecular complexity index is 1190. The number of hydrogen-bond donors (Lipinski definition) is 1. The van der Waals surface area contributed by atoms with Crippen molar-refractivity contribution in [3.63, 3.8) is 0 Å². The van der Waals surface area contributed by atoms with Gasteiger partial charge in [0.2, 0.25) is 0 Å². The molecule has 0 fully saturated rings. The van der Waals surface area contributed by atoms with Crippen molar-refractivity contribution in [1.29, 1.82) is 0 Å². The summed E-state index contributed by atoms with van der Waals surface area (Å²) in [6.07, 6.45) is -1.54. The number of benzene rings is 2. The van der Waals surface area contributed by atoms with E-state index in [0.717, 1.165) is 47.1 Å². The van der Waals surface area contributed by atoms with Crippen molar-refractivity contribution in [3.05, 3.63) is 70.4 Å². The first-order valence-electron chi connectivity index (χ1n) is 12.3. The summed E-state index contributed by atoms with van der Waals surface area (Å²) in [5.74, 6) is 0.0591. The van der Waals surface area contributed by atoms with Gasteiger partial charge in [0.15, 0.2) is 0 Å². The minimum atomic E-state index is -4.43. The molecule has 0 bridgehead atoms. The maximum atomic E-state index is 13.1. The Morgan fingerprint density at radius 1 is 1.14 bits per heavy atom. The Morgan fingerprint density at radius 3 is 2.43 bits per heavy atom. The summed E-state index contributed by atoms with van der Waals surface area (Å²) in [6.45, 7) is 5.87. The Labute approximate surface area is 203 Å². The number of aryl methyl sites for hydroxylation is 1. The van der Waals surface area contributed by atoms with Crippen molar-refractivity contribution in [1.82, 2.24) is 4.57 Å². The molecule has 0 saturated heterocycles. The summed E-state index contributed by atoms with van der Waals surface area (Å²) in [6, 6.07) is 10.6. The standard InChI is InChI=1S/C28H32F3NO3/c1-4-6-26(34)35-25-8-5-7-21-22-15-19(17(2)3)11-14-23(22)32(27(21)25)24(16-33)18-9-12-20(13-10-18)28(29,30)31/h9-15,17,24-25,33H,4-8,16H2,1-3H3. The SMILES string of the molecule is CCCC(=O)OC1CCCc2c1n(C(CO)c1ccc(C(F)(F)F)cc1)c1ccc(C(C)C)cc21. The number of carbonyl (C=O) groups excluding carboxylic acids is 1. The molecule has 35 heavy (non-hydrogen) atoms. The predicted molar refractivity (Wildman–Crippen MR) is 129 cm³/mol. The van der Waals surface area contributed by atoms with Crippen LogP contribution in [0.4, 0.5) is 13.2 Å². The molecule has 0 amide bonds. The maximum Gasteiger partial charge on any atom is 0.416 e. The van der Waals surface area contributed by atoms with Gasteiger partial charge in [-0.2, -0.15) is 13.2 Å². The second-order valence-electron chi connectivity index (χ2n) is 9.60. The Balaban J connectivity index is 1.90. The van der Waals surface area contributed by atoms with Crippen LogP contribution in [-0.4, -0.2) is 22.2 Å². The smallest absolute Gasteiger partial charge is 0.416 e. The van der Waals surface area contributed by atoms with E-state index in [9.17, 15) is 23.1 Å². The van der Waals surface area contributed by atoms with E-state index in [1.165, 1.54) is 17.7 Å². The van der Waals surface area contributed by atoms with Gasteiger partial charge in [-0.15, -0.1) is 0 Å². The maximum absolute atomic E-state index is 13.1. The van der Waals surface area contributed by atoms with Crippen LogP contribution in [0.3, 0.4) is 0 Å². The number of aliphatic hydroxyl groups is 1. The van der Waals surface area contributed by atoms with Gasteiger partial charge >= 0.3 is 12.1 Å². The second-order valence-corrected chi connectivity index (χ2v) is 9.60. The molecule has 7 heteroatoms. The molecule has 0 aliphatic heterocycles. The molecule has 4 nitrogen and oxygen atoms in total. The fourth-order valence-corrected chi connectivity index (χ4v) is 5.09. The van der Waals surface area contributed by atoms with Gasteiger partial charge in [-0.05, 0) is 72.6 Å². The zero-order valence-electron chi connectivity index (χ0n) is 20.4. The van der Waals surface area contributed by atoms with Crippen molar-refractivity contribution in [2.24, 2.45) is 0 Å². The number of rotatable bonds is 7. The van der Waals surface area contributed by atoms with Crippen LogP contribution in [0.2, 0.25) is 0 Å². The van der Waals surface area contributed by atoms with Crippen LogP contribution < -0.4 is 0 Å². The van der Waals surface area contributed by atoms with Crippen molar-refractivity contribution in [2.45, 2.75) is 77.1 Å². The summed E-state index contributed by atoms with van der Waals surface area (Å²) in [4.78, 5) is 12.4. The lowest BCUT2D eigenvalue weighted by molar-refractivity contribution is -0.150. The third kappa shape index (κ3) is 4.96. The van der Waals surface area contributed by atoms with Crippen molar-refractivity contribution < 1.29 is 27.8 Å². The molecule has 2 aromatic carbocycles. The molecule has 0 spiro atoms. The highest BCUT2D eigenvalue weighted by molar-refractivity contribution is 5.87. The molecule has 1 N–H and O–H groups in total. The first-order chi connectivity index (χ1) is 16.7. The Morgan fingerprint density at radius 2 is 1.83 bits per heavy atom. The average Bonchev–Trinajstić information content (AvgIpc) is 3.14. The van der Waals surface area contributed by atoms with E-state index < -0.39 is 23.9 Å². The highest BCUT2D eigenvalue weighted by Crippen LogP contribution is 2.43. The number of aromatic nitrogens is 1. The summed E-state index contributed by atoms with van der Waals surface area (Å²) >= 11 is 0. The monoisotopic (exact) mass is 487 g/mol. The lowest BCUT2D eigenvalue weighted by atomic mass is 9.91. The van der Waals surface area contributed by atoms with E-state index in [4.69, 9.17) is 4.74 Å². The van der Waals surface area contributed by atoms with Gasteiger partial charge in [-0.1, -0.05) is 39.0 Å². The fourth-order valence-electron chi connectivity index (χ4n) is 5.09. The number of carbonyl (C=O) groups is 1. The topological polar surface area (TPSA) is 51.5 Å². The van der Waals surface area contributed by atoms with Crippen molar-refractivity contribution >= 4 is 16.9 Å². The molecule has 2 unspecified atom stereocenters. The molecule has 2 atom stereocenters. The van der Waals surface area contributed by atoms with E-state index in [1.807, 2.05) is 23.6 Å². The number of ether oxygens (including phenoxy) is 1. The molecule has 188 valence electrons. The molecule has 1 aliphatic rings. The van der Waals surface area contributed by atoms with Crippen LogP contribution in [0.25, 0.3) is 10.9 Å². The number of halogens is 3. The van der Waals surface area contributed by atoms with Gasteiger partial charge in [0.25, 0.3) is 0 Å². The highest BCUT2D eigenvalue weighted by Gasteiger charge is 2.34. The summed E-state index contributed by atoms with van der Waals surface area (Å²) in [7, 11) is 0. The first kappa shape index (κ1) is 25.3. The minimum absolute atomic E-state index is 0.264. The lowest BCUT2D eigenvalue weighted by Gasteiger charge is -2.29. The second kappa shape index (κ2) is 10.1. The normalized spacial score (nSPS) is 17.0. The molecule has 1 aromatic heterocycles. The molecule has 3 aromatic rings. The van der Waals surface area contributed by atoms with Crippen LogP contribution in [0, 0.1) is 0 Å². The summed E-state index contributed by atoms with van der Waals surface area (Å²) < 4.78 is 47.3. The third-order valence-corrected chi connectivity index (χ3v) is 6.87. The van der Waals surface area contributed by atoms with Gasteiger partial charge < -0.3 is 14.4 Å². The largest absolute Gasteiger partial charge is 0.456 e. The van der Waals surface area contributed by atoms with E-state index in [-0.39, 0.29) is 12.6 Å². The van der Waals surface area contributed by atoms with E-state index >= 15 is 0 Å². The lowest BCUT2D eigenvalue weighted by Crippen LogP contribution is -2.24. The van der Waals surface area contributed by atoms with Gasteiger partial charge in [-0.3, -0.25) is 4.79 Å². The zero-order valence-corrected chi connectivity index (χ0v) is 20.4. The number of alkyl halides is 3. The molecular weight excluding hydrogens is 455 g/mol. The molecule has 1 aliphatic carbocycles. The fraction of sp³-hybridized carbons (Fsp3) is 0.464.